The molecule has 2 heterocycles. The minimum Gasteiger partial charge on any atom is -0.497 e. The topological polar surface area (TPSA) is 77.1 Å². The van der Waals surface area contributed by atoms with Crippen molar-refractivity contribution in [2.45, 2.75) is 30.8 Å². The number of fused-ring (bicyclic) bond motifs is 3. The summed E-state index contributed by atoms with van der Waals surface area (Å²) < 4.78 is 5.28. The maximum atomic E-state index is 13.6. The Morgan fingerprint density at radius 1 is 1.10 bits per heavy atom. The van der Waals surface area contributed by atoms with Gasteiger partial charge in [-0.05, 0) is 42.2 Å². The molecule has 1 aliphatic carbocycles. The summed E-state index contributed by atoms with van der Waals surface area (Å²) in [6.45, 7) is 0. The van der Waals surface area contributed by atoms with E-state index in [2.05, 4.69) is 12.1 Å². The summed E-state index contributed by atoms with van der Waals surface area (Å²) in [5.41, 5.74) is 1.36. The molecule has 30 heavy (non-hydrogen) atoms. The molecule has 3 aliphatic rings. The van der Waals surface area contributed by atoms with Crippen molar-refractivity contribution in [1.29, 1.82) is 10.5 Å². The Morgan fingerprint density at radius 2 is 1.80 bits per heavy atom. The molecule has 0 N–H and O–H groups in total. The van der Waals surface area contributed by atoms with Crippen LogP contribution in [0.15, 0.2) is 54.6 Å². The van der Waals surface area contributed by atoms with Crippen LogP contribution in [0, 0.1) is 34.0 Å². The van der Waals surface area contributed by atoms with Crippen LogP contribution in [0.3, 0.4) is 0 Å². The first-order chi connectivity index (χ1) is 14.6. The van der Waals surface area contributed by atoms with Crippen molar-refractivity contribution in [2.75, 3.05) is 12.0 Å². The van der Waals surface area contributed by atoms with Crippen LogP contribution in [-0.2, 0) is 4.79 Å². The van der Waals surface area contributed by atoms with Crippen LogP contribution in [0.1, 0.15) is 29.9 Å². The number of carbonyl (C=O) groups excluding carboxylic acids is 1. The third kappa shape index (κ3) is 2.49. The van der Waals surface area contributed by atoms with E-state index in [0.29, 0.717) is 5.75 Å². The maximum Gasteiger partial charge on any atom is 0.176 e. The molecule has 2 aromatic carbocycles. The quantitative estimate of drug-likeness (QED) is 0.780. The van der Waals surface area contributed by atoms with Crippen LogP contribution < -0.4 is 9.64 Å². The highest BCUT2D eigenvalue weighted by molar-refractivity contribution is 5.95. The summed E-state index contributed by atoms with van der Waals surface area (Å²) in [7, 11) is 1.60. The van der Waals surface area contributed by atoms with E-state index in [1.165, 1.54) is 0 Å². The third-order valence-corrected chi connectivity index (χ3v) is 6.66. The van der Waals surface area contributed by atoms with E-state index in [1.54, 1.807) is 7.11 Å². The molecule has 5 rings (SSSR count). The van der Waals surface area contributed by atoms with Gasteiger partial charge in [0.15, 0.2) is 11.2 Å². The summed E-state index contributed by atoms with van der Waals surface area (Å²) in [6.07, 6.45) is 5.65. The molecule has 1 saturated heterocycles. The van der Waals surface area contributed by atoms with Crippen LogP contribution >= 0.6 is 0 Å². The van der Waals surface area contributed by atoms with Gasteiger partial charge in [-0.2, -0.15) is 10.5 Å². The largest absolute Gasteiger partial charge is 0.497 e. The number of methoxy groups -OCH3 is 1. The molecule has 0 bridgehead atoms. The van der Waals surface area contributed by atoms with E-state index < -0.39 is 23.4 Å². The molecule has 2 aromatic rings. The number of carbonyl (C=O) groups is 1. The van der Waals surface area contributed by atoms with E-state index in [-0.39, 0.29) is 11.7 Å². The monoisotopic (exact) mass is 395 g/mol. The lowest BCUT2D eigenvalue weighted by Crippen LogP contribution is -2.44. The predicted octanol–water partition coefficient (Wildman–Crippen LogP) is 4.08. The fourth-order valence-electron chi connectivity index (χ4n) is 5.05. The van der Waals surface area contributed by atoms with Gasteiger partial charge in [-0.3, -0.25) is 4.79 Å². The number of nitrogens with zero attached hydrogens (tertiary/aromatic N) is 3. The van der Waals surface area contributed by atoms with Gasteiger partial charge in [0.05, 0.1) is 31.3 Å². The van der Waals surface area contributed by atoms with Crippen LogP contribution in [0.5, 0.6) is 5.75 Å². The van der Waals surface area contributed by atoms with Crippen molar-refractivity contribution >= 4 is 17.5 Å². The number of benzene rings is 2. The average molecular weight is 395 g/mol. The van der Waals surface area contributed by atoms with Crippen LogP contribution in [0.25, 0.3) is 6.08 Å². The fraction of sp³-hybridized carbons (Fsp3) is 0.320. The van der Waals surface area contributed by atoms with Gasteiger partial charge in [-0.25, -0.2) is 0 Å². The second kappa shape index (κ2) is 6.75. The summed E-state index contributed by atoms with van der Waals surface area (Å²) in [5.74, 6) is 0.303. The molecule has 0 aromatic heterocycles. The lowest BCUT2D eigenvalue weighted by atomic mass is 9.69. The highest BCUT2D eigenvalue weighted by atomic mass is 16.5. The van der Waals surface area contributed by atoms with E-state index in [9.17, 15) is 15.3 Å². The van der Waals surface area contributed by atoms with Gasteiger partial charge in [0.2, 0.25) is 0 Å². The molecule has 3 atom stereocenters. The van der Waals surface area contributed by atoms with Crippen molar-refractivity contribution in [3.05, 3.63) is 65.7 Å². The number of nitriles is 2. The van der Waals surface area contributed by atoms with Crippen molar-refractivity contribution < 1.29 is 9.53 Å². The smallest absolute Gasteiger partial charge is 0.176 e. The van der Waals surface area contributed by atoms with Gasteiger partial charge in [0.25, 0.3) is 0 Å². The van der Waals surface area contributed by atoms with Gasteiger partial charge < -0.3 is 9.64 Å². The Hall–Kier alpha value is -3.57. The molecule has 0 radical (unpaired) electrons. The van der Waals surface area contributed by atoms with Crippen LogP contribution in [0.4, 0.5) is 5.69 Å². The first-order valence-electron chi connectivity index (χ1n) is 10.2. The number of rotatable bonds is 4. The normalized spacial score (nSPS) is 25.6. The molecule has 148 valence electrons. The molecule has 0 spiro atoms. The van der Waals surface area contributed by atoms with Gasteiger partial charge in [0.1, 0.15) is 5.75 Å². The minimum absolute atomic E-state index is 0.0163. The molecule has 1 saturated carbocycles. The first kappa shape index (κ1) is 18.5. The van der Waals surface area contributed by atoms with Crippen molar-refractivity contribution in [3.8, 4) is 17.9 Å². The number of hydrogen-bond donors (Lipinski definition) is 0. The Morgan fingerprint density at radius 3 is 2.43 bits per heavy atom. The standard InChI is InChI=1S/C25H21N3O2/c1-30-19-11-8-17(9-12-19)22-23(24(29)18-6-7-18)28-20-5-3-2-4-16(20)10-13-21(28)25(22,14-26)15-27/h2-5,8-13,18,21-23H,6-7H2,1H3/t21-,22+,23-/m0/s1. The van der Waals surface area contributed by atoms with E-state index in [1.807, 2.05) is 65.6 Å². The average Bonchev–Trinajstić information content (AvgIpc) is 3.60. The highest BCUT2D eigenvalue weighted by Gasteiger charge is 2.64. The number of ketones is 1. The van der Waals surface area contributed by atoms with E-state index in [4.69, 9.17) is 4.74 Å². The van der Waals surface area contributed by atoms with Gasteiger partial charge >= 0.3 is 0 Å². The number of Topliss-reactive ketones (excluding diaryl/α,β-unsaturated/α-hetero) is 1. The fourth-order valence-corrected chi connectivity index (χ4v) is 5.05. The molecule has 5 nitrogen and oxygen atoms in total. The maximum absolute atomic E-state index is 13.6. The number of ether oxygens (including phenoxy) is 1. The zero-order chi connectivity index (χ0) is 20.9. The molecule has 2 aliphatic heterocycles. The number of para-hydroxylation sites is 1. The van der Waals surface area contributed by atoms with Crippen molar-refractivity contribution in [3.63, 3.8) is 0 Å². The van der Waals surface area contributed by atoms with Gasteiger partial charge in [-0.15, -0.1) is 0 Å². The highest BCUT2D eigenvalue weighted by Crippen LogP contribution is 2.56. The number of hydrogen-bond acceptors (Lipinski definition) is 5. The lowest BCUT2D eigenvalue weighted by Gasteiger charge is -2.35. The zero-order valence-electron chi connectivity index (χ0n) is 16.7. The van der Waals surface area contributed by atoms with E-state index in [0.717, 1.165) is 29.7 Å². The van der Waals surface area contributed by atoms with Crippen LogP contribution in [-0.4, -0.2) is 25.0 Å². The first-order valence-corrected chi connectivity index (χ1v) is 10.2. The third-order valence-electron chi connectivity index (χ3n) is 6.66. The summed E-state index contributed by atoms with van der Waals surface area (Å²) in [4.78, 5) is 15.6. The molecule has 0 unspecified atom stereocenters. The Kier molecular flexibility index (Phi) is 4.15. The Balaban J connectivity index is 1.74. The minimum atomic E-state index is -1.37. The Bertz CT molecular complexity index is 1100. The summed E-state index contributed by atoms with van der Waals surface area (Å²) >= 11 is 0. The molecule has 0 amide bonds. The molecule has 5 heteroatoms. The van der Waals surface area contributed by atoms with Crippen LogP contribution in [0.2, 0.25) is 0 Å². The lowest BCUT2D eigenvalue weighted by molar-refractivity contribution is -0.121. The number of anilines is 1. The van der Waals surface area contributed by atoms with Crippen molar-refractivity contribution in [2.24, 2.45) is 11.3 Å². The molecule has 2 fully saturated rings. The summed E-state index contributed by atoms with van der Waals surface area (Å²) in [5, 5.41) is 20.6. The second-order valence-electron chi connectivity index (χ2n) is 8.23. The van der Waals surface area contributed by atoms with Crippen molar-refractivity contribution in [1.82, 2.24) is 0 Å². The summed E-state index contributed by atoms with van der Waals surface area (Å²) in [6, 6.07) is 18.9. The SMILES string of the molecule is COc1ccc([C@@H]2[C@@H](C(=O)C3CC3)N3c4ccccc4C=C[C@H]3C2(C#N)C#N)cc1. The predicted molar refractivity (Wildman–Crippen MR) is 113 cm³/mol. The molecular formula is C25H21N3O2. The molecular weight excluding hydrogens is 374 g/mol. The van der Waals surface area contributed by atoms with Gasteiger partial charge in [0, 0.05) is 17.5 Å². The van der Waals surface area contributed by atoms with Gasteiger partial charge in [-0.1, -0.05) is 42.5 Å². The zero-order valence-corrected chi connectivity index (χ0v) is 16.7. The second-order valence-corrected chi connectivity index (χ2v) is 8.23. The Labute approximate surface area is 175 Å². The van der Waals surface area contributed by atoms with E-state index >= 15 is 0 Å².